The minimum absolute atomic E-state index is 0.0495. The Kier molecular flexibility index (Phi) is 5.75. The maximum absolute atomic E-state index is 13.0. The van der Waals surface area contributed by atoms with Gasteiger partial charge in [0.2, 0.25) is 5.91 Å². The number of rotatable bonds is 5. The Labute approximate surface area is 129 Å². The lowest BCUT2D eigenvalue weighted by atomic mass is 9.97. The van der Waals surface area contributed by atoms with Gasteiger partial charge >= 0.3 is 5.97 Å². The lowest BCUT2D eigenvalue weighted by Crippen LogP contribution is -2.43. The molecule has 0 unspecified atom stereocenters. The zero-order chi connectivity index (χ0) is 15.9. The van der Waals surface area contributed by atoms with E-state index in [1.54, 1.807) is 24.0 Å². The van der Waals surface area contributed by atoms with E-state index in [1.165, 1.54) is 12.1 Å². The molecule has 22 heavy (non-hydrogen) atoms. The number of hydrogen-bond acceptors (Lipinski definition) is 4. The molecule has 1 fully saturated rings. The lowest BCUT2D eigenvalue weighted by molar-refractivity contribution is -0.151. The van der Waals surface area contributed by atoms with Gasteiger partial charge in [-0.1, -0.05) is 6.07 Å². The molecular formula is C16H21FN2O3. The van der Waals surface area contributed by atoms with Gasteiger partial charge in [0.05, 0.1) is 19.1 Å². The predicted octanol–water partition coefficient (Wildman–Crippen LogP) is 2.04. The maximum Gasteiger partial charge on any atom is 0.309 e. The fourth-order valence-corrected chi connectivity index (χ4v) is 2.51. The molecule has 1 N–H and O–H groups in total. The Morgan fingerprint density at radius 1 is 1.36 bits per heavy atom. The highest BCUT2D eigenvalue weighted by molar-refractivity contribution is 5.81. The van der Waals surface area contributed by atoms with Gasteiger partial charge < -0.3 is 15.0 Å². The van der Waals surface area contributed by atoms with Gasteiger partial charge in [0.15, 0.2) is 0 Å². The molecule has 0 aromatic heterocycles. The first-order valence-electron chi connectivity index (χ1n) is 7.54. The van der Waals surface area contributed by atoms with E-state index in [2.05, 4.69) is 5.32 Å². The van der Waals surface area contributed by atoms with E-state index in [9.17, 15) is 14.0 Å². The molecule has 0 saturated carbocycles. The van der Waals surface area contributed by atoms with Gasteiger partial charge in [-0.15, -0.1) is 0 Å². The summed E-state index contributed by atoms with van der Waals surface area (Å²) in [6.45, 7) is 3.39. The number of likely N-dealkylation sites (tertiary alicyclic amines) is 1. The summed E-state index contributed by atoms with van der Waals surface area (Å²) in [5.41, 5.74) is 0.578. The third kappa shape index (κ3) is 4.44. The van der Waals surface area contributed by atoms with Crippen LogP contribution in [0.25, 0.3) is 0 Å². The van der Waals surface area contributed by atoms with Crippen molar-refractivity contribution in [2.24, 2.45) is 5.92 Å². The van der Waals surface area contributed by atoms with Crippen molar-refractivity contribution in [1.82, 2.24) is 4.90 Å². The van der Waals surface area contributed by atoms with Crippen LogP contribution in [0.5, 0.6) is 0 Å². The first-order chi connectivity index (χ1) is 10.6. The number of esters is 1. The lowest BCUT2D eigenvalue weighted by Gasteiger charge is -2.31. The number of carbonyl (C=O) groups excluding carboxylic acids is 2. The molecule has 120 valence electrons. The number of carbonyl (C=O) groups is 2. The standard InChI is InChI=1S/C16H21FN2O3/c1-2-22-16(21)12-6-8-19(9-7-12)15(20)11-18-14-5-3-4-13(17)10-14/h3-5,10,12,18H,2,6-9,11H2,1H3. The fourth-order valence-electron chi connectivity index (χ4n) is 2.51. The van der Waals surface area contributed by atoms with Crippen LogP contribution in [-0.4, -0.2) is 43.0 Å². The molecule has 1 aliphatic heterocycles. The van der Waals surface area contributed by atoms with Gasteiger partial charge in [-0.2, -0.15) is 0 Å². The van der Waals surface area contributed by atoms with Gasteiger partial charge in [-0.25, -0.2) is 4.39 Å². The molecule has 0 spiro atoms. The monoisotopic (exact) mass is 308 g/mol. The van der Waals surface area contributed by atoms with E-state index >= 15 is 0 Å². The van der Waals surface area contributed by atoms with Crippen LogP contribution in [0.3, 0.4) is 0 Å². The highest BCUT2D eigenvalue weighted by Crippen LogP contribution is 2.19. The Hall–Kier alpha value is -2.11. The molecular weight excluding hydrogens is 287 g/mol. The third-order valence-electron chi connectivity index (χ3n) is 3.74. The molecule has 5 nitrogen and oxygen atoms in total. The Morgan fingerprint density at radius 3 is 2.73 bits per heavy atom. The molecule has 2 rings (SSSR count). The summed E-state index contributed by atoms with van der Waals surface area (Å²) in [5.74, 6) is -0.674. The molecule has 1 aromatic rings. The average Bonchev–Trinajstić information content (AvgIpc) is 2.53. The van der Waals surface area contributed by atoms with Crippen LogP contribution in [0.4, 0.5) is 10.1 Å². The van der Waals surface area contributed by atoms with E-state index in [1.807, 2.05) is 0 Å². The van der Waals surface area contributed by atoms with Crippen LogP contribution >= 0.6 is 0 Å². The van der Waals surface area contributed by atoms with Crippen molar-refractivity contribution in [3.63, 3.8) is 0 Å². The summed E-state index contributed by atoms with van der Waals surface area (Å²) in [7, 11) is 0. The Balaban J connectivity index is 1.76. The van der Waals surface area contributed by atoms with Crippen LogP contribution in [0.15, 0.2) is 24.3 Å². The number of benzene rings is 1. The summed E-state index contributed by atoms with van der Waals surface area (Å²) in [6, 6.07) is 6.00. The smallest absolute Gasteiger partial charge is 0.309 e. The molecule has 0 aliphatic carbocycles. The number of ether oxygens (including phenoxy) is 1. The van der Waals surface area contributed by atoms with E-state index in [0.717, 1.165) is 0 Å². The number of nitrogens with one attached hydrogen (secondary N) is 1. The zero-order valence-electron chi connectivity index (χ0n) is 12.7. The Bertz CT molecular complexity index is 528. The van der Waals surface area contributed by atoms with E-state index in [4.69, 9.17) is 4.74 Å². The second kappa shape index (κ2) is 7.77. The van der Waals surface area contributed by atoms with Gasteiger partial charge in [-0.05, 0) is 38.0 Å². The second-order valence-corrected chi connectivity index (χ2v) is 5.27. The van der Waals surface area contributed by atoms with Crippen molar-refractivity contribution in [2.45, 2.75) is 19.8 Å². The first-order valence-corrected chi connectivity index (χ1v) is 7.54. The van der Waals surface area contributed by atoms with Gasteiger partial charge in [0, 0.05) is 18.8 Å². The molecule has 0 atom stereocenters. The van der Waals surface area contributed by atoms with Crippen molar-refractivity contribution in [3.05, 3.63) is 30.1 Å². The van der Waals surface area contributed by atoms with Crippen LogP contribution < -0.4 is 5.32 Å². The van der Waals surface area contributed by atoms with Crippen molar-refractivity contribution in [1.29, 1.82) is 0 Å². The predicted molar refractivity (Wildman–Crippen MR) is 80.8 cm³/mol. The number of amides is 1. The summed E-state index contributed by atoms with van der Waals surface area (Å²) in [4.78, 5) is 25.5. The second-order valence-electron chi connectivity index (χ2n) is 5.27. The summed E-state index contributed by atoms with van der Waals surface area (Å²) in [5, 5.41) is 2.91. The molecule has 1 aromatic carbocycles. The van der Waals surface area contributed by atoms with Crippen molar-refractivity contribution in [3.8, 4) is 0 Å². The van der Waals surface area contributed by atoms with Gasteiger partial charge in [-0.3, -0.25) is 9.59 Å². The van der Waals surface area contributed by atoms with Crippen molar-refractivity contribution >= 4 is 17.6 Å². The van der Waals surface area contributed by atoms with E-state index < -0.39 is 0 Å². The highest BCUT2D eigenvalue weighted by atomic mass is 19.1. The third-order valence-corrected chi connectivity index (χ3v) is 3.74. The topological polar surface area (TPSA) is 58.6 Å². The van der Waals surface area contributed by atoms with Gasteiger partial charge in [0.25, 0.3) is 0 Å². The molecule has 1 amide bonds. The molecule has 1 aliphatic rings. The normalized spacial score (nSPS) is 15.5. The zero-order valence-corrected chi connectivity index (χ0v) is 12.7. The highest BCUT2D eigenvalue weighted by Gasteiger charge is 2.27. The number of nitrogens with zero attached hydrogens (tertiary/aromatic N) is 1. The molecule has 1 heterocycles. The summed E-state index contributed by atoms with van der Waals surface area (Å²) < 4.78 is 18.1. The summed E-state index contributed by atoms with van der Waals surface area (Å²) in [6.07, 6.45) is 1.26. The van der Waals surface area contributed by atoms with E-state index in [0.29, 0.717) is 38.2 Å². The maximum atomic E-state index is 13.0. The SMILES string of the molecule is CCOC(=O)C1CCN(C(=O)CNc2cccc(F)c2)CC1. The molecule has 0 bridgehead atoms. The van der Waals surface area contributed by atoms with Crippen molar-refractivity contribution in [2.75, 3.05) is 31.6 Å². The number of piperidine rings is 1. The Morgan fingerprint density at radius 2 is 2.09 bits per heavy atom. The minimum Gasteiger partial charge on any atom is -0.466 e. The first kappa shape index (κ1) is 16.3. The minimum atomic E-state index is -0.340. The fraction of sp³-hybridized carbons (Fsp3) is 0.500. The number of halogens is 1. The molecule has 1 saturated heterocycles. The summed E-state index contributed by atoms with van der Waals surface area (Å²) >= 11 is 0. The van der Waals surface area contributed by atoms with Gasteiger partial charge in [0.1, 0.15) is 5.82 Å². The average molecular weight is 308 g/mol. The van der Waals surface area contributed by atoms with Crippen LogP contribution in [0, 0.1) is 11.7 Å². The molecule has 0 radical (unpaired) electrons. The number of hydrogen-bond donors (Lipinski definition) is 1. The van der Waals surface area contributed by atoms with Crippen LogP contribution in [-0.2, 0) is 14.3 Å². The number of anilines is 1. The largest absolute Gasteiger partial charge is 0.466 e. The quantitative estimate of drug-likeness (QED) is 0.846. The molecule has 6 heteroatoms. The van der Waals surface area contributed by atoms with Crippen molar-refractivity contribution < 1.29 is 18.7 Å². The van der Waals surface area contributed by atoms with Crippen LogP contribution in [0.1, 0.15) is 19.8 Å². The van der Waals surface area contributed by atoms with E-state index in [-0.39, 0.29) is 30.2 Å². The van der Waals surface area contributed by atoms with Crippen LogP contribution in [0.2, 0.25) is 0 Å².